The zero-order chi connectivity index (χ0) is 12.8. The third-order valence-electron chi connectivity index (χ3n) is 2.67. The Hall–Kier alpha value is -0.960. The Labute approximate surface area is 105 Å². The lowest BCUT2D eigenvalue weighted by molar-refractivity contribution is 0.578. The maximum atomic E-state index is 4.69. The van der Waals surface area contributed by atoms with Gasteiger partial charge in [-0.05, 0) is 12.3 Å². The molecular formula is C14H25N3. The van der Waals surface area contributed by atoms with Crippen LogP contribution in [0.25, 0.3) is 0 Å². The first-order chi connectivity index (χ1) is 8.04. The Morgan fingerprint density at radius 2 is 1.94 bits per heavy atom. The summed E-state index contributed by atoms with van der Waals surface area (Å²) >= 11 is 0. The van der Waals surface area contributed by atoms with Crippen LogP contribution in [0.4, 0.5) is 0 Å². The van der Waals surface area contributed by atoms with Gasteiger partial charge < -0.3 is 5.32 Å². The van der Waals surface area contributed by atoms with E-state index in [2.05, 4.69) is 49.9 Å². The summed E-state index contributed by atoms with van der Waals surface area (Å²) in [5.74, 6) is 1.43. The molecule has 0 bridgehead atoms. The number of aryl methyl sites for hydroxylation is 1. The largest absolute Gasteiger partial charge is 0.310 e. The second kappa shape index (κ2) is 6.70. The molecule has 0 fully saturated rings. The molecule has 0 spiro atoms. The first-order valence-corrected chi connectivity index (χ1v) is 6.62. The standard InChI is InChI=1S/C14H25N3/c1-6-7-13-16-9-12(8-15-11(4)5)14(17-13)10(2)3/h9-11,15H,6-8H2,1-5H3. The lowest BCUT2D eigenvalue weighted by Crippen LogP contribution is -2.23. The smallest absolute Gasteiger partial charge is 0.128 e. The number of hydrogen-bond donors (Lipinski definition) is 1. The van der Waals surface area contributed by atoms with Crippen molar-refractivity contribution in [3.8, 4) is 0 Å². The van der Waals surface area contributed by atoms with E-state index in [1.165, 1.54) is 11.3 Å². The van der Waals surface area contributed by atoms with Gasteiger partial charge in [-0.25, -0.2) is 9.97 Å². The van der Waals surface area contributed by atoms with Crippen molar-refractivity contribution in [2.45, 2.75) is 66.0 Å². The molecule has 0 saturated carbocycles. The number of aromatic nitrogens is 2. The van der Waals surface area contributed by atoms with Gasteiger partial charge in [0.15, 0.2) is 0 Å². The van der Waals surface area contributed by atoms with Crippen LogP contribution in [0, 0.1) is 0 Å². The first kappa shape index (κ1) is 14.1. The maximum Gasteiger partial charge on any atom is 0.128 e. The Morgan fingerprint density at radius 1 is 1.24 bits per heavy atom. The molecule has 1 N–H and O–H groups in total. The van der Waals surface area contributed by atoms with E-state index in [0.717, 1.165) is 25.2 Å². The van der Waals surface area contributed by atoms with Crippen LogP contribution < -0.4 is 5.32 Å². The van der Waals surface area contributed by atoms with Gasteiger partial charge in [-0.1, -0.05) is 34.6 Å². The second-order valence-electron chi connectivity index (χ2n) is 5.14. The topological polar surface area (TPSA) is 37.8 Å². The van der Waals surface area contributed by atoms with Gasteiger partial charge in [0.05, 0.1) is 5.69 Å². The third kappa shape index (κ3) is 4.43. The predicted octanol–water partition coefficient (Wildman–Crippen LogP) is 3.05. The summed E-state index contributed by atoms with van der Waals surface area (Å²) in [6.07, 6.45) is 4.06. The molecule has 1 heterocycles. The molecule has 0 aliphatic heterocycles. The average Bonchev–Trinajstić information content (AvgIpc) is 2.27. The summed E-state index contributed by atoms with van der Waals surface area (Å²) in [7, 11) is 0. The van der Waals surface area contributed by atoms with Gasteiger partial charge >= 0.3 is 0 Å². The summed E-state index contributed by atoms with van der Waals surface area (Å²) in [6.45, 7) is 11.7. The highest BCUT2D eigenvalue weighted by atomic mass is 14.9. The molecule has 1 aromatic rings. The fourth-order valence-corrected chi connectivity index (χ4v) is 1.75. The van der Waals surface area contributed by atoms with Crippen molar-refractivity contribution in [1.82, 2.24) is 15.3 Å². The monoisotopic (exact) mass is 235 g/mol. The van der Waals surface area contributed by atoms with Crippen molar-refractivity contribution in [3.63, 3.8) is 0 Å². The molecule has 0 aliphatic carbocycles. The fourth-order valence-electron chi connectivity index (χ4n) is 1.75. The number of nitrogens with zero attached hydrogens (tertiary/aromatic N) is 2. The lowest BCUT2D eigenvalue weighted by atomic mass is 10.0. The molecule has 1 rings (SSSR count). The van der Waals surface area contributed by atoms with E-state index >= 15 is 0 Å². The van der Waals surface area contributed by atoms with E-state index in [4.69, 9.17) is 0 Å². The van der Waals surface area contributed by atoms with E-state index in [-0.39, 0.29) is 0 Å². The number of rotatable bonds is 6. The van der Waals surface area contributed by atoms with E-state index in [1.54, 1.807) is 0 Å². The summed E-state index contributed by atoms with van der Waals surface area (Å²) in [5, 5.41) is 3.43. The van der Waals surface area contributed by atoms with Crippen LogP contribution in [0.3, 0.4) is 0 Å². The molecular weight excluding hydrogens is 210 g/mol. The molecule has 0 radical (unpaired) electrons. The third-order valence-corrected chi connectivity index (χ3v) is 2.67. The van der Waals surface area contributed by atoms with Crippen molar-refractivity contribution in [2.24, 2.45) is 0 Å². The number of nitrogens with one attached hydrogen (secondary N) is 1. The predicted molar refractivity (Wildman–Crippen MR) is 72.1 cm³/mol. The zero-order valence-corrected chi connectivity index (χ0v) is 11.7. The molecule has 3 nitrogen and oxygen atoms in total. The van der Waals surface area contributed by atoms with Crippen LogP contribution >= 0.6 is 0 Å². The first-order valence-electron chi connectivity index (χ1n) is 6.62. The molecule has 17 heavy (non-hydrogen) atoms. The van der Waals surface area contributed by atoms with Crippen LogP contribution in [-0.4, -0.2) is 16.0 Å². The van der Waals surface area contributed by atoms with Gasteiger partial charge in [0.25, 0.3) is 0 Å². The van der Waals surface area contributed by atoms with Crippen LogP contribution in [0.5, 0.6) is 0 Å². The highest BCUT2D eigenvalue weighted by molar-refractivity contribution is 5.20. The maximum absolute atomic E-state index is 4.69. The molecule has 0 aliphatic rings. The Kier molecular flexibility index (Phi) is 5.56. The van der Waals surface area contributed by atoms with Crippen LogP contribution in [-0.2, 0) is 13.0 Å². The van der Waals surface area contributed by atoms with Crippen molar-refractivity contribution >= 4 is 0 Å². The Bertz CT molecular complexity index is 345. The van der Waals surface area contributed by atoms with Crippen molar-refractivity contribution in [3.05, 3.63) is 23.3 Å². The van der Waals surface area contributed by atoms with E-state index in [1.807, 2.05) is 6.20 Å². The minimum absolute atomic E-state index is 0.456. The van der Waals surface area contributed by atoms with E-state index in [9.17, 15) is 0 Å². The summed E-state index contributed by atoms with van der Waals surface area (Å²) in [4.78, 5) is 9.13. The summed E-state index contributed by atoms with van der Waals surface area (Å²) < 4.78 is 0. The molecule has 1 aromatic heterocycles. The van der Waals surface area contributed by atoms with Gasteiger partial charge in [-0.3, -0.25) is 0 Å². The van der Waals surface area contributed by atoms with Crippen LogP contribution in [0.2, 0.25) is 0 Å². The molecule has 0 unspecified atom stereocenters. The van der Waals surface area contributed by atoms with Crippen molar-refractivity contribution in [2.75, 3.05) is 0 Å². The van der Waals surface area contributed by atoms with Gasteiger partial charge in [0, 0.05) is 30.8 Å². The highest BCUT2D eigenvalue weighted by Crippen LogP contribution is 2.17. The van der Waals surface area contributed by atoms with Gasteiger partial charge in [-0.2, -0.15) is 0 Å². The number of hydrogen-bond acceptors (Lipinski definition) is 3. The average molecular weight is 235 g/mol. The fraction of sp³-hybridized carbons (Fsp3) is 0.714. The van der Waals surface area contributed by atoms with E-state index in [0.29, 0.717) is 12.0 Å². The Balaban J connectivity index is 2.88. The zero-order valence-electron chi connectivity index (χ0n) is 11.7. The summed E-state index contributed by atoms with van der Waals surface area (Å²) in [5.41, 5.74) is 2.42. The normalized spacial score (nSPS) is 11.5. The highest BCUT2D eigenvalue weighted by Gasteiger charge is 2.10. The minimum Gasteiger partial charge on any atom is -0.310 e. The quantitative estimate of drug-likeness (QED) is 0.823. The lowest BCUT2D eigenvalue weighted by Gasteiger charge is -2.14. The van der Waals surface area contributed by atoms with Crippen LogP contribution in [0.1, 0.15) is 64.0 Å². The minimum atomic E-state index is 0.456. The molecule has 0 atom stereocenters. The Morgan fingerprint density at radius 3 is 2.47 bits per heavy atom. The molecule has 0 amide bonds. The molecule has 0 saturated heterocycles. The second-order valence-corrected chi connectivity index (χ2v) is 5.14. The van der Waals surface area contributed by atoms with E-state index < -0.39 is 0 Å². The SMILES string of the molecule is CCCc1ncc(CNC(C)C)c(C(C)C)n1. The van der Waals surface area contributed by atoms with Crippen molar-refractivity contribution < 1.29 is 0 Å². The van der Waals surface area contributed by atoms with Gasteiger partial charge in [0.2, 0.25) is 0 Å². The summed E-state index contributed by atoms with van der Waals surface area (Å²) in [6, 6.07) is 0.491. The van der Waals surface area contributed by atoms with Gasteiger partial charge in [-0.15, -0.1) is 0 Å². The van der Waals surface area contributed by atoms with Gasteiger partial charge in [0.1, 0.15) is 5.82 Å². The molecule has 96 valence electrons. The molecule has 0 aromatic carbocycles. The van der Waals surface area contributed by atoms with Crippen LogP contribution in [0.15, 0.2) is 6.20 Å². The van der Waals surface area contributed by atoms with Crippen molar-refractivity contribution in [1.29, 1.82) is 0 Å². The molecule has 3 heteroatoms.